The van der Waals surface area contributed by atoms with Crippen molar-refractivity contribution in [3.63, 3.8) is 0 Å². The van der Waals surface area contributed by atoms with Gasteiger partial charge in [-0.3, -0.25) is 9.69 Å². The number of aliphatic carboxylic acids is 1. The van der Waals surface area contributed by atoms with E-state index in [0.717, 1.165) is 36.0 Å². The predicted octanol–water partition coefficient (Wildman–Crippen LogP) is 3.42. The Bertz CT molecular complexity index is 1090. The number of carboxylic acid groups (broad SMARTS) is 1. The zero-order valence-corrected chi connectivity index (χ0v) is 22.9. The minimum atomic E-state index is -1.19. The van der Waals surface area contributed by atoms with E-state index in [-0.39, 0.29) is 19.6 Å². The number of carbonyl (C=O) groups excluding carboxylic acids is 3. The monoisotopic (exact) mass is 545 g/mol. The van der Waals surface area contributed by atoms with Gasteiger partial charge in [0, 0.05) is 19.6 Å². The van der Waals surface area contributed by atoms with E-state index in [4.69, 9.17) is 14.2 Å². The van der Waals surface area contributed by atoms with Crippen molar-refractivity contribution in [1.82, 2.24) is 15.1 Å². The van der Waals surface area contributed by atoms with Gasteiger partial charge in [-0.15, -0.1) is 0 Å². The molecule has 1 unspecified atom stereocenters. The highest BCUT2D eigenvalue weighted by molar-refractivity contribution is 5.90. The maximum Gasteiger partial charge on any atom is 0.410 e. The first kappa shape index (κ1) is 28.7. The van der Waals surface area contributed by atoms with Crippen LogP contribution in [-0.2, 0) is 43.5 Å². The first-order valence-corrected chi connectivity index (χ1v) is 13.6. The maximum atomic E-state index is 13.6. The fourth-order valence-electron chi connectivity index (χ4n) is 5.31. The molecule has 0 aromatic heterocycles. The van der Waals surface area contributed by atoms with Gasteiger partial charge in [-0.1, -0.05) is 45.4 Å². The molecule has 39 heavy (non-hydrogen) atoms. The van der Waals surface area contributed by atoms with Gasteiger partial charge in [0.15, 0.2) is 0 Å². The van der Waals surface area contributed by atoms with Crippen LogP contribution in [0.25, 0.3) is 0 Å². The van der Waals surface area contributed by atoms with Crippen molar-refractivity contribution in [1.29, 1.82) is 0 Å². The van der Waals surface area contributed by atoms with Crippen molar-refractivity contribution < 1.29 is 38.5 Å². The summed E-state index contributed by atoms with van der Waals surface area (Å²) in [6.07, 6.45) is 1.24. The molecule has 3 aliphatic heterocycles. The normalized spacial score (nSPS) is 25.7. The van der Waals surface area contributed by atoms with Crippen molar-refractivity contribution in [2.45, 2.75) is 90.8 Å². The summed E-state index contributed by atoms with van der Waals surface area (Å²) in [5.74, 6) is -1.74. The van der Waals surface area contributed by atoms with Crippen LogP contribution in [-0.4, -0.2) is 76.9 Å². The third-order valence-corrected chi connectivity index (χ3v) is 7.49. The van der Waals surface area contributed by atoms with Crippen LogP contribution >= 0.6 is 0 Å². The average molecular weight is 546 g/mol. The lowest BCUT2D eigenvalue weighted by atomic mass is 9.85. The van der Waals surface area contributed by atoms with E-state index in [1.807, 2.05) is 18.2 Å². The van der Waals surface area contributed by atoms with Crippen LogP contribution in [0.2, 0.25) is 0 Å². The van der Waals surface area contributed by atoms with Gasteiger partial charge in [-0.25, -0.2) is 14.4 Å². The van der Waals surface area contributed by atoms with Crippen LogP contribution < -0.4 is 5.32 Å². The molecule has 3 amide bonds. The number of carbonyl (C=O) groups is 4. The van der Waals surface area contributed by atoms with Crippen molar-refractivity contribution >= 4 is 24.1 Å². The summed E-state index contributed by atoms with van der Waals surface area (Å²) >= 11 is 0. The highest BCUT2D eigenvalue weighted by Gasteiger charge is 2.46. The summed E-state index contributed by atoms with van der Waals surface area (Å²) in [5.41, 5.74) is 2.38. The van der Waals surface area contributed by atoms with E-state index >= 15 is 0 Å². The molecule has 4 bridgehead atoms. The lowest BCUT2D eigenvalue weighted by Crippen LogP contribution is -2.57. The van der Waals surface area contributed by atoms with Gasteiger partial charge in [0.05, 0.1) is 26.3 Å². The topological polar surface area (TPSA) is 135 Å². The van der Waals surface area contributed by atoms with Gasteiger partial charge in [-0.05, 0) is 41.4 Å². The smallest absolute Gasteiger partial charge is 0.410 e. The molecule has 214 valence electrons. The summed E-state index contributed by atoms with van der Waals surface area (Å²) < 4.78 is 16.9. The summed E-state index contributed by atoms with van der Waals surface area (Å²) in [6.45, 7) is 7.30. The van der Waals surface area contributed by atoms with Crippen LogP contribution in [0.1, 0.15) is 69.6 Å². The molecule has 11 nitrogen and oxygen atoms in total. The zero-order chi connectivity index (χ0) is 28.2. The number of hydrogen-bond acceptors (Lipinski definition) is 7. The third kappa shape index (κ3) is 7.00. The number of nitrogens with one attached hydrogen (secondary N) is 1. The SMILES string of the molecule is CC(C)(C)[C@@H]1NC(=O)OCCCCCCOCc2cccc3c2CN(C3)C(=O)O[C@@H]2CC(C(=O)O)N(C2)C1=O. The van der Waals surface area contributed by atoms with Crippen molar-refractivity contribution in [3.8, 4) is 0 Å². The Labute approximate surface area is 228 Å². The molecule has 3 aliphatic rings. The quantitative estimate of drug-likeness (QED) is 0.548. The Kier molecular flexibility index (Phi) is 8.99. The molecule has 1 fully saturated rings. The van der Waals surface area contributed by atoms with E-state index in [1.54, 1.807) is 25.7 Å². The molecule has 3 atom stereocenters. The van der Waals surface area contributed by atoms with Crippen molar-refractivity contribution in [2.75, 3.05) is 19.8 Å². The number of ether oxygens (including phenoxy) is 3. The zero-order valence-electron chi connectivity index (χ0n) is 22.9. The van der Waals surface area contributed by atoms with Crippen LogP contribution in [0.5, 0.6) is 0 Å². The second-order valence-corrected chi connectivity index (χ2v) is 11.5. The van der Waals surface area contributed by atoms with Gasteiger partial charge in [-0.2, -0.15) is 0 Å². The standard InChI is InChI=1S/C28H39N3O8/c1-28(2,3)23-24(32)31-15-20(13-22(31)25(33)34)39-27(36)30-14-18-9-8-10-19(21(18)16-30)17-37-11-6-4-5-7-12-38-26(35)29-23/h8-10,20,22-23H,4-7,11-17H2,1-3H3,(H,29,35)(H,33,34)/t20-,22?,23-/m1/s1. The number of amides is 3. The summed E-state index contributed by atoms with van der Waals surface area (Å²) in [6, 6.07) is 3.72. The first-order valence-electron chi connectivity index (χ1n) is 13.6. The number of cyclic esters (lactones) is 1. The number of nitrogens with zero attached hydrogens (tertiary/aromatic N) is 2. The second-order valence-electron chi connectivity index (χ2n) is 11.5. The van der Waals surface area contributed by atoms with E-state index in [2.05, 4.69) is 5.32 Å². The van der Waals surface area contributed by atoms with Crippen LogP contribution in [0.15, 0.2) is 18.2 Å². The molecule has 4 rings (SSSR count). The number of rotatable bonds is 1. The van der Waals surface area contributed by atoms with Crippen molar-refractivity contribution in [2.24, 2.45) is 5.41 Å². The first-order chi connectivity index (χ1) is 18.5. The molecule has 1 aromatic rings. The Morgan fingerprint density at radius 1 is 1.03 bits per heavy atom. The number of hydrogen-bond donors (Lipinski definition) is 2. The highest BCUT2D eigenvalue weighted by atomic mass is 16.6. The van der Waals surface area contributed by atoms with Crippen molar-refractivity contribution in [3.05, 3.63) is 34.9 Å². The molecule has 2 N–H and O–H groups in total. The van der Waals surface area contributed by atoms with Gasteiger partial charge in [0.2, 0.25) is 5.91 Å². The minimum Gasteiger partial charge on any atom is -0.480 e. The lowest BCUT2D eigenvalue weighted by Gasteiger charge is -2.34. The largest absolute Gasteiger partial charge is 0.480 e. The molecule has 1 aromatic carbocycles. The average Bonchev–Trinajstić information content (AvgIpc) is 3.50. The van der Waals surface area contributed by atoms with Gasteiger partial charge in [0.25, 0.3) is 0 Å². The van der Waals surface area contributed by atoms with E-state index < -0.39 is 47.7 Å². The molecule has 0 radical (unpaired) electrons. The molecule has 0 spiro atoms. The Morgan fingerprint density at radius 2 is 1.74 bits per heavy atom. The van der Waals surface area contributed by atoms with Crippen LogP contribution in [0.3, 0.4) is 0 Å². The fraction of sp³-hybridized carbons (Fsp3) is 0.643. The molecular weight excluding hydrogens is 506 g/mol. The van der Waals surface area contributed by atoms with E-state index in [1.165, 1.54) is 4.90 Å². The summed E-state index contributed by atoms with van der Waals surface area (Å²) in [7, 11) is 0. The fourth-order valence-corrected chi connectivity index (χ4v) is 5.31. The third-order valence-electron chi connectivity index (χ3n) is 7.49. The second kappa shape index (κ2) is 12.2. The number of fused-ring (bicyclic) bond motifs is 3. The predicted molar refractivity (Wildman–Crippen MR) is 140 cm³/mol. The van der Waals surface area contributed by atoms with E-state index in [0.29, 0.717) is 32.7 Å². The Hall–Kier alpha value is -3.34. The number of alkyl carbamates (subject to hydrolysis) is 1. The maximum absolute atomic E-state index is 13.6. The molecule has 11 heteroatoms. The van der Waals surface area contributed by atoms with Crippen LogP contribution in [0.4, 0.5) is 9.59 Å². The van der Waals surface area contributed by atoms with Crippen LogP contribution in [0, 0.1) is 5.41 Å². The molecule has 1 saturated heterocycles. The van der Waals surface area contributed by atoms with E-state index in [9.17, 15) is 24.3 Å². The summed E-state index contributed by atoms with van der Waals surface area (Å²) in [5, 5.41) is 12.5. The molecule has 3 heterocycles. The summed E-state index contributed by atoms with van der Waals surface area (Å²) in [4.78, 5) is 54.1. The molecular formula is C28H39N3O8. The van der Waals surface area contributed by atoms with Gasteiger partial charge < -0.3 is 29.5 Å². The minimum absolute atomic E-state index is 0.0337. The van der Waals surface area contributed by atoms with Gasteiger partial charge >= 0.3 is 18.2 Å². The molecule has 0 saturated carbocycles. The Morgan fingerprint density at radius 3 is 2.46 bits per heavy atom. The number of carboxylic acids is 1. The Balaban J connectivity index is 1.54. The van der Waals surface area contributed by atoms with Gasteiger partial charge in [0.1, 0.15) is 18.2 Å². The highest BCUT2D eigenvalue weighted by Crippen LogP contribution is 2.30. The number of benzene rings is 1. The molecule has 0 aliphatic carbocycles. The lowest BCUT2D eigenvalue weighted by molar-refractivity contribution is -0.150.